The Bertz CT molecular complexity index is 790. The molecule has 0 saturated carbocycles. The van der Waals surface area contributed by atoms with Gasteiger partial charge < -0.3 is 24.6 Å². The minimum absolute atomic E-state index is 0.00375. The van der Waals surface area contributed by atoms with E-state index in [1.165, 1.54) is 19.2 Å². The number of hydrogen-bond acceptors (Lipinski definition) is 6. The largest absolute Gasteiger partial charge is 0.495 e. The van der Waals surface area contributed by atoms with Crippen molar-refractivity contribution >= 4 is 17.4 Å². The molecule has 26 heavy (non-hydrogen) atoms. The van der Waals surface area contributed by atoms with Gasteiger partial charge in [0, 0.05) is 30.7 Å². The number of aromatic nitrogens is 1. The molecule has 2 atom stereocenters. The number of pyridine rings is 1. The number of aliphatic hydroxyl groups is 1. The molecule has 0 spiro atoms. The zero-order valence-electron chi connectivity index (χ0n) is 14.5. The van der Waals surface area contributed by atoms with Crippen LogP contribution in [-0.4, -0.2) is 44.1 Å². The Kier molecular flexibility index (Phi) is 5.80. The Morgan fingerprint density at radius 2 is 2.19 bits per heavy atom. The number of anilines is 1. The topological polar surface area (TPSA) is 72.8 Å². The normalized spacial score (nSPS) is 16.7. The average molecular weight is 383 g/mol. The number of aliphatic hydroxyl groups excluding tert-OH is 1. The summed E-state index contributed by atoms with van der Waals surface area (Å²) in [6.07, 6.45) is 0.412. The molecule has 1 aliphatic rings. The molecule has 0 aliphatic carbocycles. The van der Waals surface area contributed by atoms with Gasteiger partial charge in [0.15, 0.2) is 0 Å². The van der Waals surface area contributed by atoms with Crippen LogP contribution >= 0.6 is 11.6 Å². The van der Waals surface area contributed by atoms with Crippen molar-refractivity contribution in [1.29, 1.82) is 0 Å². The van der Waals surface area contributed by atoms with Gasteiger partial charge in [-0.2, -0.15) is 0 Å². The highest BCUT2D eigenvalue weighted by Gasteiger charge is 2.34. The van der Waals surface area contributed by atoms with Gasteiger partial charge in [0.1, 0.15) is 29.7 Å². The van der Waals surface area contributed by atoms with Crippen molar-refractivity contribution in [1.82, 2.24) is 4.98 Å². The molecule has 0 fully saturated rings. The summed E-state index contributed by atoms with van der Waals surface area (Å²) in [4.78, 5) is 4.26. The van der Waals surface area contributed by atoms with Crippen LogP contribution in [0.15, 0.2) is 24.4 Å². The smallest absolute Gasteiger partial charge is 0.138 e. The minimum Gasteiger partial charge on any atom is -0.495 e. The Labute approximate surface area is 155 Å². The third kappa shape index (κ3) is 3.56. The van der Waals surface area contributed by atoms with Crippen LogP contribution in [0.25, 0.3) is 0 Å². The number of nitrogens with one attached hydrogen (secondary N) is 1. The lowest BCUT2D eigenvalue weighted by Crippen LogP contribution is -2.15. The molecule has 2 aromatic rings. The molecule has 8 heteroatoms. The fourth-order valence-electron chi connectivity index (χ4n) is 2.97. The van der Waals surface area contributed by atoms with E-state index < -0.39 is 17.8 Å². The zero-order chi connectivity index (χ0) is 18.7. The van der Waals surface area contributed by atoms with Crippen LogP contribution in [0.4, 0.5) is 10.2 Å². The maximum atomic E-state index is 14.5. The average Bonchev–Trinajstić information content (AvgIpc) is 3.06. The fraction of sp³-hybridized carbons (Fsp3) is 0.389. The van der Waals surface area contributed by atoms with E-state index in [1.54, 1.807) is 19.4 Å². The van der Waals surface area contributed by atoms with E-state index in [4.69, 9.17) is 25.8 Å². The summed E-state index contributed by atoms with van der Waals surface area (Å²) >= 11 is 6.33. The number of nitrogens with zero attached hydrogens (tertiary/aromatic N) is 1. The highest BCUT2D eigenvalue weighted by atomic mass is 35.5. The molecular formula is C18H20ClFN2O4. The summed E-state index contributed by atoms with van der Waals surface area (Å²) in [5.74, 6) is 0.487. The van der Waals surface area contributed by atoms with Crippen LogP contribution < -0.4 is 14.8 Å². The number of hydrogen-bond donors (Lipinski definition) is 2. The first-order valence-electron chi connectivity index (χ1n) is 8.12. The highest BCUT2D eigenvalue weighted by Crippen LogP contribution is 2.44. The number of benzene rings is 1. The first-order chi connectivity index (χ1) is 12.6. The molecule has 0 amide bonds. The van der Waals surface area contributed by atoms with Gasteiger partial charge in [-0.1, -0.05) is 11.6 Å². The van der Waals surface area contributed by atoms with E-state index in [2.05, 4.69) is 10.3 Å². The van der Waals surface area contributed by atoms with Gasteiger partial charge in [0.05, 0.1) is 31.0 Å². The summed E-state index contributed by atoms with van der Waals surface area (Å²) in [5.41, 5.74) is 0.752. The van der Waals surface area contributed by atoms with Crippen molar-refractivity contribution < 1.29 is 23.7 Å². The Hall–Kier alpha value is -2.09. The number of ether oxygens (including phenoxy) is 3. The highest BCUT2D eigenvalue weighted by molar-refractivity contribution is 6.32. The van der Waals surface area contributed by atoms with Crippen LogP contribution in [-0.2, 0) is 4.74 Å². The fourth-order valence-corrected chi connectivity index (χ4v) is 3.29. The molecule has 2 heterocycles. The van der Waals surface area contributed by atoms with Crippen LogP contribution in [0.5, 0.6) is 11.5 Å². The van der Waals surface area contributed by atoms with Gasteiger partial charge in [0.2, 0.25) is 0 Å². The molecule has 0 saturated heterocycles. The van der Waals surface area contributed by atoms with E-state index in [1.807, 2.05) is 0 Å². The molecule has 0 radical (unpaired) electrons. The quantitative estimate of drug-likeness (QED) is 0.717. The standard InChI is InChI=1S/C18H20ClFN2O4/c1-24-5-6-26-14-4-3-13(20)15(16(14)19)17(23)12-9-22-18-11(12)7-10(25-2)8-21-18/h3-4,7-8,12,17,23H,5-6,9H2,1-2H3,(H,21,22). The lowest BCUT2D eigenvalue weighted by Gasteiger charge is -2.21. The van der Waals surface area contributed by atoms with Crippen molar-refractivity contribution in [3.8, 4) is 11.5 Å². The maximum Gasteiger partial charge on any atom is 0.138 e. The maximum absolute atomic E-state index is 14.5. The van der Waals surface area contributed by atoms with Crippen LogP contribution in [0.3, 0.4) is 0 Å². The van der Waals surface area contributed by atoms with Crippen molar-refractivity contribution in [3.05, 3.63) is 46.4 Å². The lowest BCUT2D eigenvalue weighted by molar-refractivity contribution is 0.141. The summed E-state index contributed by atoms with van der Waals surface area (Å²) < 4.78 is 30.1. The molecule has 2 N–H and O–H groups in total. The number of methoxy groups -OCH3 is 2. The third-order valence-corrected chi connectivity index (χ3v) is 4.72. The predicted octanol–water partition coefficient (Wildman–Crippen LogP) is 3.15. The number of fused-ring (bicyclic) bond motifs is 1. The molecule has 0 bridgehead atoms. The molecule has 3 rings (SSSR count). The van der Waals surface area contributed by atoms with Crippen molar-refractivity contribution in [2.24, 2.45) is 0 Å². The second kappa shape index (κ2) is 8.07. The third-order valence-electron chi connectivity index (χ3n) is 4.33. The second-order valence-electron chi connectivity index (χ2n) is 5.86. The summed E-state index contributed by atoms with van der Waals surface area (Å²) in [7, 11) is 3.09. The van der Waals surface area contributed by atoms with E-state index in [9.17, 15) is 9.50 Å². The van der Waals surface area contributed by atoms with Crippen LogP contribution in [0, 0.1) is 5.82 Å². The van der Waals surface area contributed by atoms with E-state index in [-0.39, 0.29) is 17.2 Å². The summed E-state index contributed by atoms with van der Waals surface area (Å²) in [5, 5.41) is 14.0. The molecule has 1 aromatic carbocycles. The van der Waals surface area contributed by atoms with Gasteiger partial charge in [-0.05, 0) is 18.2 Å². The number of rotatable bonds is 7. The first-order valence-corrected chi connectivity index (χ1v) is 8.50. The predicted molar refractivity (Wildman–Crippen MR) is 95.8 cm³/mol. The monoisotopic (exact) mass is 382 g/mol. The number of halogens is 2. The molecule has 1 aromatic heterocycles. The van der Waals surface area contributed by atoms with Crippen molar-refractivity contribution in [2.75, 3.05) is 39.3 Å². The van der Waals surface area contributed by atoms with Crippen molar-refractivity contribution in [3.63, 3.8) is 0 Å². The molecule has 140 valence electrons. The van der Waals surface area contributed by atoms with E-state index in [0.29, 0.717) is 30.5 Å². The van der Waals surface area contributed by atoms with Crippen LogP contribution in [0.1, 0.15) is 23.1 Å². The Morgan fingerprint density at radius 3 is 2.92 bits per heavy atom. The zero-order valence-corrected chi connectivity index (χ0v) is 15.2. The van der Waals surface area contributed by atoms with Gasteiger partial charge >= 0.3 is 0 Å². The Morgan fingerprint density at radius 1 is 1.38 bits per heavy atom. The summed E-state index contributed by atoms with van der Waals surface area (Å²) in [6, 6.07) is 4.45. The molecule has 6 nitrogen and oxygen atoms in total. The van der Waals surface area contributed by atoms with E-state index >= 15 is 0 Å². The SMILES string of the molecule is COCCOc1ccc(F)c(C(O)C2CNc3ncc(OC)cc32)c1Cl. The van der Waals surface area contributed by atoms with E-state index in [0.717, 1.165) is 5.56 Å². The molecule has 2 unspecified atom stereocenters. The Balaban J connectivity index is 1.91. The molecule has 1 aliphatic heterocycles. The van der Waals surface area contributed by atoms with Gasteiger partial charge in [-0.15, -0.1) is 0 Å². The second-order valence-corrected chi connectivity index (χ2v) is 6.24. The lowest BCUT2D eigenvalue weighted by atomic mass is 9.91. The van der Waals surface area contributed by atoms with Crippen molar-refractivity contribution in [2.45, 2.75) is 12.0 Å². The van der Waals surface area contributed by atoms with Gasteiger partial charge in [-0.3, -0.25) is 0 Å². The minimum atomic E-state index is -1.17. The van der Waals surface area contributed by atoms with Gasteiger partial charge in [-0.25, -0.2) is 9.37 Å². The molecular weight excluding hydrogens is 363 g/mol. The summed E-state index contributed by atoms with van der Waals surface area (Å²) in [6.45, 7) is 1.05. The first kappa shape index (κ1) is 18.7. The van der Waals surface area contributed by atoms with Crippen LogP contribution in [0.2, 0.25) is 5.02 Å². The van der Waals surface area contributed by atoms with Gasteiger partial charge in [0.25, 0.3) is 0 Å².